The van der Waals surface area contributed by atoms with E-state index >= 15 is 0 Å². The molecule has 20 heavy (non-hydrogen) atoms. The second-order valence-electron chi connectivity index (χ2n) is 5.83. The third-order valence-electron chi connectivity index (χ3n) is 3.87. The van der Waals surface area contributed by atoms with Gasteiger partial charge in [0, 0.05) is 6.07 Å². The van der Waals surface area contributed by atoms with Crippen LogP contribution in [0.3, 0.4) is 0 Å². The SMILES string of the molecule is Cc1cc(OCC2(N)CCCCCC2)cc([N+](=O)[O-])c1. The average molecular weight is 278 g/mol. The molecule has 1 aliphatic rings. The van der Waals surface area contributed by atoms with E-state index in [1.54, 1.807) is 0 Å². The highest BCUT2D eigenvalue weighted by atomic mass is 16.6. The number of ether oxygens (including phenoxy) is 1. The van der Waals surface area contributed by atoms with Gasteiger partial charge in [-0.05, 0) is 31.4 Å². The average Bonchev–Trinajstić information content (AvgIpc) is 2.61. The van der Waals surface area contributed by atoms with Gasteiger partial charge in [0.05, 0.1) is 16.5 Å². The predicted molar refractivity (Wildman–Crippen MR) is 77.9 cm³/mol. The van der Waals surface area contributed by atoms with Gasteiger partial charge in [-0.25, -0.2) is 0 Å². The number of nitrogens with zero attached hydrogens (tertiary/aromatic N) is 1. The van der Waals surface area contributed by atoms with E-state index in [9.17, 15) is 10.1 Å². The van der Waals surface area contributed by atoms with Gasteiger partial charge >= 0.3 is 0 Å². The van der Waals surface area contributed by atoms with Gasteiger partial charge in [0.2, 0.25) is 0 Å². The van der Waals surface area contributed by atoms with Crippen LogP contribution >= 0.6 is 0 Å². The Hall–Kier alpha value is -1.62. The molecule has 1 saturated carbocycles. The highest BCUT2D eigenvalue weighted by Crippen LogP contribution is 2.27. The lowest BCUT2D eigenvalue weighted by atomic mass is 9.92. The number of non-ortho nitro benzene ring substituents is 1. The smallest absolute Gasteiger partial charge is 0.273 e. The van der Waals surface area contributed by atoms with E-state index in [1.165, 1.54) is 25.0 Å². The molecule has 0 atom stereocenters. The van der Waals surface area contributed by atoms with Gasteiger partial charge in [-0.15, -0.1) is 0 Å². The molecule has 0 heterocycles. The summed E-state index contributed by atoms with van der Waals surface area (Å²) in [7, 11) is 0. The van der Waals surface area contributed by atoms with Gasteiger partial charge in [-0.3, -0.25) is 10.1 Å². The van der Waals surface area contributed by atoms with E-state index in [2.05, 4.69) is 0 Å². The number of benzene rings is 1. The van der Waals surface area contributed by atoms with Crippen molar-refractivity contribution in [2.75, 3.05) is 6.61 Å². The Morgan fingerprint density at radius 1 is 1.25 bits per heavy atom. The van der Waals surface area contributed by atoms with E-state index in [-0.39, 0.29) is 11.2 Å². The fourth-order valence-electron chi connectivity index (χ4n) is 2.72. The van der Waals surface area contributed by atoms with Crippen molar-refractivity contribution in [1.82, 2.24) is 0 Å². The number of hydrogen-bond donors (Lipinski definition) is 1. The zero-order valence-electron chi connectivity index (χ0n) is 11.9. The van der Waals surface area contributed by atoms with Gasteiger partial charge in [-0.2, -0.15) is 0 Å². The van der Waals surface area contributed by atoms with Crippen LogP contribution in [0.25, 0.3) is 0 Å². The van der Waals surface area contributed by atoms with Crippen LogP contribution in [0.2, 0.25) is 0 Å². The summed E-state index contributed by atoms with van der Waals surface area (Å²) in [6.07, 6.45) is 6.65. The first kappa shape index (κ1) is 14.8. The molecule has 1 fully saturated rings. The first-order valence-electron chi connectivity index (χ1n) is 7.16. The molecule has 1 aromatic carbocycles. The maximum absolute atomic E-state index is 10.8. The maximum Gasteiger partial charge on any atom is 0.273 e. The summed E-state index contributed by atoms with van der Waals surface area (Å²) in [4.78, 5) is 10.4. The Morgan fingerprint density at radius 3 is 2.50 bits per heavy atom. The van der Waals surface area contributed by atoms with Crippen molar-refractivity contribution in [3.63, 3.8) is 0 Å². The summed E-state index contributed by atoms with van der Waals surface area (Å²) in [6, 6.07) is 4.82. The van der Waals surface area contributed by atoms with Gasteiger partial charge in [-0.1, -0.05) is 25.7 Å². The number of nitro benzene ring substituents is 1. The van der Waals surface area contributed by atoms with Crippen molar-refractivity contribution in [1.29, 1.82) is 0 Å². The Morgan fingerprint density at radius 2 is 1.90 bits per heavy atom. The van der Waals surface area contributed by atoms with Crippen molar-refractivity contribution >= 4 is 5.69 Å². The molecule has 110 valence electrons. The molecule has 1 aromatic rings. The van der Waals surface area contributed by atoms with Crippen LogP contribution in [0, 0.1) is 17.0 Å². The molecule has 0 radical (unpaired) electrons. The molecule has 2 rings (SSSR count). The topological polar surface area (TPSA) is 78.4 Å². The second-order valence-corrected chi connectivity index (χ2v) is 5.83. The van der Waals surface area contributed by atoms with Crippen LogP contribution in [0.5, 0.6) is 5.75 Å². The third kappa shape index (κ3) is 3.93. The highest BCUT2D eigenvalue weighted by molar-refractivity contribution is 5.42. The fourth-order valence-corrected chi connectivity index (χ4v) is 2.72. The van der Waals surface area contributed by atoms with Crippen LogP contribution in [0.4, 0.5) is 5.69 Å². The van der Waals surface area contributed by atoms with Crippen LogP contribution in [0.1, 0.15) is 44.1 Å². The Bertz CT molecular complexity index is 480. The summed E-state index contributed by atoms with van der Waals surface area (Å²) in [5.74, 6) is 0.533. The Kier molecular flexibility index (Phi) is 4.60. The molecule has 0 aliphatic heterocycles. The van der Waals surface area contributed by atoms with Crippen LogP contribution in [0.15, 0.2) is 18.2 Å². The van der Waals surface area contributed by atoms with Crippen molar-refractivity contribution < 1.29 is 9.66 Å². The molecule has 1 aliphatic carbocycles. The standard InChI is InChI=1S/C15H22N2O3/c1-12-8-13(17(18)19)10-14(9-12)20-11-15(16)6-4-2-3-5-7-15/h8-10H,2-7,11,16H2,1H3. The number of nitrogens with two attached hydrogens (primary N) is 1. The molecule has 5 heteroatoms. The van der Waals surface area contributed by atoms with Gasteiger partial charge < -0.3 is 10.5 Å². The lowest BCUT2D eigenvalue weighted by Crippen LogP contribution is -2.45. The van der Waals surface area contributed by atoms with E-state index < -0.39 is 4.92 Å². The van der Waals surface area contributed by atoms with E-state index in [0.717, 1.165) is 31.2 Å². The van der Waals surface area contributed by atoms with Crippen LogP contribution in [-0.4, -0.2) is 17.1 Å². The van der Waals surface area contributed by atoms with Crippen molar-refractivity contribution in [2.45, 2.75) is 51.0 Å². The van der Waals surface area contributed by atoms with Gasteiger partial charge in [0.1, 0.15) is 12.4 Å². The van der Waals surface area contributed by atoms with Gasteiger partial charge in [0.15, 0.2) is 0 Å². The molecule has 0 amide bonds. The largest absolute Gasteiger partial charge is 0.491 e. The molecule has 0 spiro atoms. The van der Waals surface area contributed by atoms with E-state index in [4.69, 9.17) is 10.5 Å². The minimum absolute atomic E-state index is 0.0620. The molecular weight excluding hydrogens is 256 g/mol. The lowest BCUT2D eigenvalue weighted by Gasteiger charge is -2.27. The molecule has 2 N–H and O–H groups in total. The molecule has 0 unspecified atom stereocenters. The molecule has 0 saturated heterocycles. The summed E-state index contributed by atoms with van der Waals surface area (Å²) in [5.41, 5.74) is 6.97. The Balaban J connectivity index is 2.04. The lowest BCUT2D eigenvalue weighted by molar-refractivity contribution is -0.385. The zero-order chi connectivity index (χ0) is 14.6. The fraction of sp³-hybridized carbons (Fsp3) is 0.600. The number of aryl methyl sites for hydroxylation is 1. The minimum Gasteiger partial charge on any atom is -0.491 e. The highest BCUT2D eigenvalue weighted by Gasteiger charge is 2.27. The van der Waals surface area contributed by atoms with E-state index in [0.29, 0.717) is 12.4 Å². The predicted octanol–water partition coefficient (Wildman–Crippen LogP) is 3.33. The number of rotatable bonds is 4. The quantitative estimate of drug-likeness (QED) is 0.520. The van der Waals surface area contributed by atoms with Crippen LogP contribution < -0.4 is 10.5 Å². The molecule has 0 bridgehead atoms. The van der Waals surface area contributed by atoms with Crippen molar-refractivity contribution in [3.8, 4) is 5.75 Å². The monoisotopic (exact) mass is 278 g/mol. The summed E-state index contributed by atoms with van der Waals surface area (Å²) < 4.78 is 5.75. The van der Waals surface area contributed by atoms with Crippen molar-refractivity contribution in [2.24, 2.45) is 5.73 Å². The second kappa shape index (κ2) is 6.22. The first-order valence-corrected chi connectivity index (χ1v) is 7.16. The molecule has 5 nitrogen and oxygen atoms in total. The van der Waals surface area contributed by atoms with Gasteiger partial charge in [0.25, 0.3) is 5.69 Å². The maximum atomic E-state index is 10.8. The summed E-state index contributed by atoms with van der Waals surface area (Å²) >= 11 is 0. The summed E-state index contributed by atoms with van der Waals surface area (Å²) in [6.45, 7) is 2.25. The molecular formula is C15H22N2O3. The Labute approximate surface area is 119 Å². The normalized spacial score (nSPS) is 18.3. The third-order valence-corrected chi connectivity index (χ3v) is 3.87. The van der Waals surface area contributed by atoms with Crippen molar-refractivity contribution in [3.05, 3.63) is 33.9 Å². The number of nitro groups is 1. The van der Waals surface area contributed by atoms with E-state index in [1.807, 2.05) is 13.0 Å². The summed E-state index contributed by atoms with van der Waals surface area (Å²) in [5, 5.41) is 10.8. The molecule has 0 aromatic heterocycles. The zero-order valence-corrected chi connectivity index (χ0v) is 11.9. The minimum atomic E-state index is -0.399. The first-order chi connectivity index (χ1) is 9.48. The number of hydrogen-bond acceptors (Lipinski definition) is 4. The van der Waals surface area contributed by atoms with Crippen LogP contribution in [-0.2, 0) is 0 Å².